The van der Waals surface area contributed by atoms with Crippen molar-refractivity contribution in [3.8, 4) is 0 Å². The summed E-state index contributed by atoms with van der Waals surface area (Å²) in [7, 11) is 0. The quantitative estimate of drug-likeness (QED) is 0.0261. The molecule has 0 radical (unpaired) electrons. The molecule has 0 saturated carbocycles. The molecule has 0 aromatic carbocycles. The fourth-order valence-electron chi connectivity index (χ4n) is 7.29. The molecule has 1 atom stereocenters. The Hall–Kier alpha value is -4.71. The van der Waals surface area contributed by atoms with E-state index in [4.69, 9.17) is 14.2 Å². The van der Waals surface area contributed by atoms with Gasteiger partial charge in [0, 0.05) is 19.3 Å². The summed E-state index contributed by atoms with van der Waals surface area (Å²) < 4.78 is 16.8. The molecular weight excluding hydrogens is 889 g/mol. The molecule has 6 heteroatoms. The topological polar surface area (TPSA) is 78.9 Å². The third kappa shape index (κ3) is 56.2. The second-order valence-corrected chi connectivity index (χ2v) is 18.4. The van der Waals surface area contributed by atoms with Gasteiger partial charge in [0.2, 0.25) is 0 Å². The van der Waals surface area contributed by atoms with Gasteiger partial charge in [-0.1, -0.05) is 218 Å². The second kappa shape index (κ2) is 58.9. The Bertz CT molecular complexity index is 1610. The first-order valence-corrected chi connectivity index (χ1v) is 28.8. The van der Waals surface area contributed by atoms with Gasteiger partial charge in [0.1, 0.15) is 13.2 Å². The van der Waals surface area contributed by atoms with E-state index in [-0.39, 0.29) is 44.0 Å². The minimum Gasteiger partial charge on any atom is -0.462 e. The summed E-state index contributed by atoms with van der Waals surface area (Å²) in [5, 5.41) is 0. The zero-order valence-corrected chi connectivity index (χ0v) is 46.1. The lowest BCUT2D eigenvalue weighted by Crippen LogP contribution is -2.30. The standard InChI is InChI=1S/C66H104O6/c1-4-7-10-13-16-19-22-25-28-31-32-33-34-36-38-41-44-47-50-53-56-59-65(68)71-62-63(61-70-64(67)58-55-52-49-46-43-40-37-30-27-24-21-18-15-12-9-6-3)72-66(69)60-57-54-51-48-45-42-39-35-29-26-23-20-17-14-11-8-5-2/h7-8,10-11,16-17,19-21,24-26,28-30,32-33,36-39,42,44,47,63H,4-6,9,12-15,18,22-23,27,31,34-35,40-41,43,45-46,48-62H2,1-3H3/b10-7-,11-8-,19-16-,20-17-,24-21-,28-25-,29-26-,33-32-,37-30-,38-36-,42-39-,47-44-. The maximum Gasteiger partial charge on any atom is 0.306 e. The van der Waals surface area contributed by atoms with Crippen LogP contribution in [0, 0.1) is 0 Å². The monoisotopic (exact) mass is 993 g/mol. The lowest BCUT2D eigenvalue weighted by Gasteiger charge is -2.18. The summed E-state index contributed by atoms with van der Waals surface area (Å²) >= 11 is 0. The third-order valence-corrected chi connectivity index (χ3v) is 11.6. The van der Waals surface area contributed by atoms with Gasteiger partial charge in [0.15, 0.2) is 6.10 Å². The first-order chi connectivity index (χ1) is 35.5. The molecule has 0 aliphatic carbocycles. The van der Waals surface area contributed by atoms with E-state index in [1.54, 1.807) is 0 Å². The van der Waals surface area contributed by atoms with Crippen LogP contribution in [0.4, 0.5) is 0 Å². The summed E-state index contributed by atoms with van der Waals surface area (Å²) in [4.78, 5) is 38.2. The summed E-state index contributed by atoms with van der Waals surface area (Å²) in [6.07, 6.45) is 84.0. The van der Waals surface area contributed by atoms with E-state index in [2.05, 4.69) is 167 Å². The highest BCUT2D eigenvalue weighted by Crippen LogP contribution is 2.12. The number of carbonyl (C=O) groups excluding carboxylic acids is 3. The zero-order chi connectivity index (χ0) is 52.2. The van der Waals surface area contributed by atoms with Gasteiger partial charge < -0.3 is 14.2 Å². The van der Waals surface area contributed by atoms with Crippen LogP contribution < -0.4 is 0 Å². The van der Waals surface area contributed by atoms with Crippen LogP contribution in [0.15, 0.2) is 146 Å². The van der Waals surface area contributed by atoms with Crippen LogP contribution in [0.5, 0.6) is 0 Å². The van der Waals surface area contributed by atoms with Crippen molar-refractivity contribution in [1.29, 1.82) is 0 Å². The number of esters is 3. The smallest absolute Gasteiger partial charge is 0.306 e. The van der Waals surface area contributed by atoms with Gasteiger partial charge in [-0.3, -0.25) is 14.4 Å². The number of hydrogen-bond acceptors (Lipinski definition) is 6. The lowest BCUT2D eigenvalue weighted by atomic mass is 10.1. The fourth-order valence-corrected chi connectivity index (χ4v) is 7.29. The van der Waals surface area contributed by atoms with Gasteiger partial charge in [0.25, 0.3) is 0 Å². The lowest BCUT2D eigenvalue weighted by molar-refractivity contribution is -0.167. The first-order valence-electron chi connectivity index (χ1n) is 28.8. The average molecular weight is 994 g/mol. The Kier molecular flexibility index (Phi) is 55.0. The molecule has 0 saturated heterocycles. The molecule has 0 fully saturated rings. The Morgan fingerprint density at radius 2 is 0.542 bits per heavy atom. The van der Waals surface area contributed by atoms with E-state index >= 15 is 0 Å². The Morgan fingerprint density at radius 3 is 0.875 bits per heavy atom. The number of rotatable bonds is 50. The predicted octanol–water partition coefficient (Wildman–Crippen LogP) is 19.6. The van der Waals surface area contributed by atoms with E-state index in [9.17, 15) is 14.4 Å². The maximum absolute atomic E-state index is 12.9. The molecule has 0 heterocycles. The second-order valence-electron chi connectivity index (χ2n) is 18.4. The van der Waals surface area contributed by atoms with Crippen molar-refractivity contribution in [1.82, 2.24) is 0 Å². The van der Waals surface area contributed by atoms with Crippen LogP contribution in [-0.4, -0.2) is 37.2 Å². The van der Waals surface area contributed by atoms with Gasteiger partial charge in [-0.05, 0) is 141 Å². The molecule has 1 unspecified atom stereocenters. The normalized spacial score (nSPS) is 13.2. The number of ether oxygens (including phenoxy) is 3. The van der Waals surface area contributed by atoms with Gasteiger partial charge in [-0.2, -0.15) is 0 Å². The summed E-state index contributed by atoms with van der Waals surface area (Å²) in [6.45, 7) is 6.31. The molecule has 0 aliphatic heterocycles. The molecule has 0 rings (SSSR count). The van der Waals surface area contributed by atoms with Crippen molar-refractivity contribution in [3.63, 3.8) is 0 Å². The highest BCUT2D eigenvalue weighted by Gasteiger charge is 2.19. The molecule has 404 valence electrons. The minimum atomic E-state index is -0.822. The van der Waals surface area contributed by atoms with Gasteiger partial charge >= 0.3 is 17.9 Å². The van der Waals surface area contributed by atoms with Crippen LogP contribution in [0.3, 0.4) is 0 Å². The van der Waals surface area contributed by atoms with Gasteiger partial charge in [-0.15, -0.1) is 0 Å². The van der Waals surface area contributed by atoms with Crippen LogP contribution in [0.2, 0.25) is 0 Å². The molecule has 0 aromatic rings. The molecule has 0 bridgehead atoms. The summed E-state index contributed by atoms with van der Waals surface area (Å²) in [5.41, 5.74) is 0. The number of carbonyl (C=O) groups is 3. The number of hydrogen-bond donors (Lipinski definition) is 0. The van der Waals surface area contributed by atoms with E-state index in [0.29, 0.717) is 12.8 Å². The molecule has 0 aromatic heterocycles. The molecule has 0 N–H and O–H groups in total. The number of allylic oxidation sites excluding steroid dienone is 24. The van der Waals surface area contributed by atoms with Crippen molar-refractivity contribution < 1.29 is 28.6 Å². The van der Waals surface area contributed by atoms with E-state index in [1.165, 1.54) is 32.1 Å². The van der Waals surface area contributed by atoms with E-state index < -0.39 is 6.10 Å². The molecule has 72 heavy (non-hydrogen) atoms. The van der Waals surface area contributed by atoms with Crippen molar-refractivity contribution in [3.05, 3.63) is 146 Å². The average Bonchev–Trinajstić information content (AvgIpc) is 3.38. The molecule has 6 nitrogen and oxygen atoms in total. The van der Waals surface area contributed by atoms with E-state index in [1.807, 2.05) is 0 Å². The van der Waals surface area contributed by atoms with Crippen LogP contribution in [0.25, 0.3) is 0 Å². The number of unbranched alkanes of at least 4 members (excludes halogenated alkanes) is 15. The fraction of sp³-hybridized carbons (Fsp3) is 0.591. The Labute approximate surface area is 442 Å². The molecule has 0 aliphatic rings. The van der Waals surface area contributed by atoms with Crippen LogP contribution in [0.1, 0.15) is 233 Å². The first kappa shape index (κ1) is 67.3. The van der Waals surface area contributed by atoms with Crippen molar-refractivity contribution in [2.75, 3.05) is 13.2 Å². The molecule has 0 amide bonds. The van der Waals surface area contributed by atoms with Crippen molar-refractivity contribution >= 4 is 17.9 Å². The highest BCUT2D eigenvalue weighted by molar-refractivity contribution is 5.71. The van der Waals surface area contributed by atoms with Crippen molar-refractivity contribution in [2.45, 2.75) is 239 Å². The van der Waals surface area contributed by atoms with Crippen LogP contribution in [-0.2, 0) is 28.6 Å². The minimum absolute atomic E-state index is 0.115. The zero-order valence-electron chi connectivity index (χ0n) is 46.1. The summed E-state index contributed by atoms with van der Waals surface area (Å²) in [6, 6.07) is 0. The van der Waals surface area contributed by atoms with Crippen LogP contribution >= 0.6 is 0 Å². The largest absolute Gasteiger partial charge is 0.462 e. The SMILES string of the molecule is CC/C=C\C/C=C\C/C=C\C/C=C\C/C=C\C/C=C\CCCCC(=O)OCC(COC(=O)CCCCCCC/C=C\C/C=C\CCCCCC)OC(=O)CCCCCC/C=C\C/C=C\C/C=C\C/C=C\CC. The van der Waals surface area contributed by atoms with Crippen molar-refractivity contribution in [2.24, 2.45) is 0 Å². The maximum atomic E-state index is 12.9. The molecule has 0 spiro atoms. The predicted molar refractivity (Wildman–Crippen MR) is 311 cm³/mol. The highest BCUT2D eigenvalue weighted by atomic mass is 16.6. The van der Waals surface area contributed by atoms with Gasteiger partial charge in [0.05, 0.1) is 0 Å². The van der Waals surface area contributed by atoms with Gasteiger partial charge in [-0.25, -0.2) is 0 Å². The third-order valence-electron chi connectivity index (χ3n) is 11.6. The van der Waals surface area contributed by atoms with E-state index in [0.717, 1.165) is 154 Å². The Morgan fingerprint density at radius 1 is 0.292 bits per heavy atom. The molecular formula is C66H104O6. The Balaban J connectivity index is 4.56. The summed E-state index contributed by atoms with van der Waals surface area (Å²) in [5.74, 6) is -1.00.